The van der Waals surface area contributed by atoms with Crippen molar-refractivity contribution in [3.8, 4) is 11.5 Å². The molecule has 0 spiro atoms. The number of carbonyl (C=O) groups is 1. The van der Waals surface area contributed by atoms with Crippen molar-refractivity contribution in [2.24, 2.45) is 0 Å². The number of nitrogens with one attached hydrogen (secondary N) is 2. The molecule has 0 fully saturated rings. The van der Waals surface area contributed by atoms with Crippen molar-refractivity contribution in [1.82, 2.24) is 25.4 Å². The van der Waals surface area contributed by atoms with Gasteiger partial charge in [-0.05, 0) is 74.4 Å². The minimum absolute atomic E-state index is 0.261. The van der Waals surface area contributed by atoms with Crippen LogP contribution in [0.1, 0.15) is 33.1 Å². The SMILES string of the molecule is Cc1ccc(Oc2ccc(Nc3ncnc4ccc(/C=C/CNC(=O)c5cc(C)on5)cc34)cc2C)cn1. The van der Waals surface area contributed by atoms with E-state index in [1.54, 1.807) is 19.2 Å². The van der Waals surface area contributed by atoms with E-state index in [2.05, 4.69) is 30.7 Å². The molecule has 1 amide bonds. The standard InChI is InChI=1S/C29H26N6O3/c1-18-13-22(8-11-27(18)37-23-9-6-19(2)31-16-23)34-28-24-15-21(7-10-25(24)32-17-33-28)5-4-12-30-29(36)26-14-20(3)38-35-26/h4-11,13-17H,12H2,1-3H3,(H,30,36)(H,32,33,34)/b5-4+. The molecule has 3 heterocycles. The normalized spacial score (nSPS) is 11.1. The lowest BCUT2D eigenvalue weighted by Gasteiger charge is -2.12. The van der Waals surface area contributed by atoms with Crippen molar-refractivity contribution in [2.75, 3.05) is 11.9 Å². The van der Waals surface area contributed by atoms with Gasteiger partial charge >= 0.3 is 0 Å². The Balaban J connectivity index is 1.28. The summed E-state index contributed by atoms with van der Waals surface area (Å²) in [6.07, 6.45) is 7.05. The van der Waals surface area contributed by atoms with Crippen molar-refractivity contribution >= 4 is 34.4 Å². The second kappa shape index (κ2) is 10.9. The fourth-order valence-corrected chi connectivity index (χ4v) is 3.81. The molecular weight excluding hydrogens is 480 g/mol. The third-order valence-corrected chi connectivity index (χ3v) is 5.76. The Morgan fingerprint density at radius 3 is 2.66 bits per heavy atom. The third kappa shape index (κ3) is 5.84. The molecule has 0 saturated heterocycles. The first-order chi connectivity index (χ1) is 18.4. The highest BCUT2D eigenvalue weighted by molar-refractivity contribution is 5.93. The first-order valence-corrected chi connectivity index (χ1v) is 12.1. The molecule has 0 saturated carbocycles. The van der Waals surface area contributed by atoms with E-state index in [0.29, 0.717) is 23.9 Å². The van der Waals surface area contributed by atoms with Gasteiger partial charge in [0.1, 0.15) is 29.4 Å². The van der Waals surface area contributed by atoms with E-state index < -0.39 is 0 Å². The molecule has 3 aromatic heterocycles. The number of carbonyl (C=O) groups excluding carboxylic acids is 1. The van der Waals surface area contributed by atoms with Crippen LogP contribution in [0.2, 0.25) is 0 Å². The summed E-state index contributed by atoms with van der Waals surface area (Å²) < 4.78 is 10.9. The van der Waals surface area contributed by atoms with E-state index in [4.69, 9.17) is 9.26 Å². The van der Waals surface area contributed by atoms with Crippen LogP contribution in [0.25, 0.3) is 17.0 Å². The van der Waals surface area contributed by atoms with Gasteiger partial charge < -0.3 is 19.9 Å². The Bertz CT molecular complexity index is 1630. The molecule has 9 heteroatoms. The number of rotatable bonds is 8. The highest BCUT2D eigenvalue weighted by Crippen LogP contribution is 2.30. The zero-order chi connectivity index (χ0) is 26.5. The molecule has 190 valence electrons. The van der Waals surface area contributed by atoms with E-state index in [9.17, 15) is 4.79 Å². The lowest BCUT2D eigenvalue weighted by molar-refractivity contribution is 0.0949. The van der Waals surface area contributed by atoms with Crippen LogP contribution >= 0.6 is 0 Å². The number of hydrogen-bond donors (Lipinski definition) is 2. The first-order valence-electron chi connectivity index (χ1n) is 12.1. The summed E-state index contributed by atoms with van der Waals surface area (Å²) in [6.45, 7) is 6.02. The number of pyridine rings is 1. The lowest BCUT2D eigenvalue weighted by atomic mass is 10.1. The van der Waals surface area contributed by atoms with Gasteiger partial charge in [0.25, 0.3) is 5.91 Å². The molecule has 0 unspecified atom stereocenters. The van der Waals surface area contributed by atoms with Crippen molar-refractivity contribution in [1.29, 1.82) is 0 Å². The Labute approximate surface area is 219 Å². The van der Waals surface area contributed by atoms with E-state index in [1.807, 2.05) is 74.5 Å². The molecule has 0 aliphatic carbocycles. The van der Waals surface area contributed by atoms with E-state index >= 15 is 0 Å². The van der Waals surface area contributed by atoms with Crippen molar-refractivity contribution < 1.29 is 14.1 Å². The predicted octanol–water partition coefficient (Wildman–Crippen LogP) is 5.92. The molecule has 0 atom stereocenters. The predicted molar refractivity (Wildman–Crippen MR) is 146 cm³/mol. The number of hydrogen-bond acceptors (Lipinski definition) is 8. The Morgan fingerprint density at radius 2 is 1.89 bits per heavy atom. The monoisotopic (exact) mass is 506 g/mol. The second-order valence-electron chi connectivity index (χ2n) is 8.78. The summed E-state index contributed by atoms with van der Waals surface area (Å²) in [7, 11) is 0. The molecule has 0 bridgehead atoms. The van der Waals surface area contributed by atoms with Crippen LogP contribution in [0.3, 0.4) is 0 Å². The number of benzene rings is 2. The van der Waals surface area contributed by atoms with Crippen LogP contribution in [0.4, 0.5) is 11.5 Å². The molecule has 9 nitrogen and oxygen atoms in total. The topological polar surface area (TPSA) is 115 Å². The van der Waals surface area contributed by atoms with Gasteiger partial charge in [0.05, 0.1) is 11.7 Å². The van der Waals surface area contributed by atoms with Crippen LogP contribution < -0.4 is 15.4 Å². The van der Waals surface area contributed by atoms with Gasteiger partial charge in [-0.25, -0.2) is 9.97 Å². The molecule has 5 aromatic rings. The number of ether oxygens (including phenoxy) is 1. The smallest absolute Gasteiger partial charge is 0.273 e. The van der Waals surface area contributed by atoms with Gasteiger partial charge in [0.2, 0.25) is 0 Å². The molecule has 2 N–H and O–H groups in total. The van der Waals surface area contributed by atoms with Gasteiger partial charge in [0, 0.05) is 29.4 Å². The van der Waals surface area contributed by atoms with Gasteiger partial charge in [0.15, 0.2) is 5.69 Å². The number of nitrogens with zero attached hydrogens (tertiary/aromatic N) is 4. The summed E-state index contributed by atoms with van der Waals surface area (Å²) in [5.74, 6) is 2.44. The third-order valence-electron chi connectivity index (χ3n) is 5.76. The number of aryl methyl sites for hydroxylation is 3. The van der Waals surface area contributed by atoms with E-state index in [1.165, 1.54) is 6.33 Å². The summed E-state index contributed by atoms with van der Waals surface area (Å²) in [5, 5.41) is 10.8. The zero-order valence-corrected chi connectivity index (χ0v) is 21.2. The lowest BCUT2D eigenvalue weighted by Crippen LogP contribution is -2.23. The summed E-state index contributed by atoms with van der Waals surface area (Å²) in [4.78, 5) is 25.2. The maximum Gasteiger partial charge on any atom is 0.273 e. The summed E-state index contributed by atoms with van der Waals surface area (Å²) >= 11 is 0. The molecule has 0 aliphatic heterocycles. The van der Waals surface area contributed by atoms with Crippen LogP contribution in [-0.2, 0) is 0 Å². The van der Waals surface area contributed by atoms with Crippen molar-refractivity contribution in [2.45, 2.75) is 20.8 Å². The maximum atomic E-state index is 12.1. The fourth-order valence-electron chi connectivity index (χ4n) is 3.81. The highest BCUT2D eigenvalue weighted by atomic mass is 16.5. The highest BCUT2D eigenvalue weighted by Gasteiger charge is 2.10. The number of amides is 1. The molecule has 2 aromatic carbocycles. The quantitative estimate of drug-likeness (QED) is 0.267. The Morgan fingerprint density at radius 1 is 1.00 bits per heavy atom. The Kier molecular flexibility index (Phi) is 7.08. The van der Waals surface area contributed by atoms with Gasteiger partial charge in [-0.3, -0.25) is 9.78 Å². The molecule has 38 heavy (non-hydrogen) atoms. The molecular formula is C29H26N6O3. The number of fused-ring (bicyclic) bond motifs is 1. The average molecular weight is 507 g/mol. The van der Waals surface area contributed by atoms with Gasteiger partial charge in [-0.15, -0.1) is 0 Å². The van der Waals surface area contributed by atoms with Crippen molar-refractivity contribution in [3.63, 3.8) is 0 Å². The minimum Gasteiger partial charge on any atom is -0.455 e. The number of anilines is 2. The fraction of sp³-hybridized carbons (Fsp3) is 0.138. The first kappa shape index (κ1) is 24.6. The Hall–Kier alpha value is -5.05. The van der Waals surface area contributed by atoms with Gasteiger partial charge in [-0.2, -0.15) is 0 Å². The summed E-state index contributed by atoms with van der Waals surface area (Å²) in [5.41, 5.74) is 4.82. The van der Waals surface area contributed by atoms with Crippen LogP contribution in [-0.4, -0.2) is 32.6 Å². The second-order valence-corrected chi connectivity index (χ2v) is 8.78. The van der Waals surface area contributed by atoms with Crippen LogP contribution in [0, 0.1) is 20.8 Å². The number of aromatic nitrogens is 4. The summed E-state index contributed by atoms with van der Waals surface area (Å²) in [6, 6.07) is 17.2. The average Bonchev–Trinajstić information content (AvgIpc) is 3.36. The minimum atomic E-state index is -0.285. The largest absolute Gasteiger partial charge is 0.455 e. The van der Waals surface area contributed by atoms with E-state index in [0.717, 1.165) is 39.2 Å². The molecule has 0 radical (unpaired) electrons. The zero-order valence-electron chi connectivity index (χ0n) is 21.2. The molecule has 5 rings (SSSR count). The maximum absolute atomic E-state index is 12.1. The molecule has 0 aliphatic rings. The van der Waals surface area contributed by atoms with Crippen LogP contribution in [0.5, 0.6) is 11.5 Å². The van der Waals surface area contributed by atoms with Gasteiger partial charge in [-0.1, -0.05) is 23.4 Å². The van der Waals surface area contributed by atoms with Crippen molar-refractivity contribution in [3.05, 3.63) is 101 Å². The van der Waals surface area contributed by atoms with Crippen LogP contribution in [0.15, 0.2) is 77.7 Å². The van der Waals surface area contributed by atoms with E-state index in [-0.39, 0.29) is 11.6 Å².